The quantitative estimate of drug-likeness (QED) is 0.104. The lowest BCUT2D eigenvalue weighted by molar-refractivity contribution is -0.160. The molecule has 2 unspecified atom stereocenters. The summed E-state index contributed by atoms with van der Waals surface area (Å²) < 4.78 is 25.1. The smallest absolute Gasteiger partial charge is 0.465 e. The van der Waals surface area contributed by atoms with Gasteiger partial charge in [0.15, 0.2) is 0 Å². The van der Waals surface area contributed by atoms with Crippen LogP contribution in [0.3, 0.4) is 0 Å². The first-order valence-corrected chi connectivity index (χ1v) is 15.2. The van der Waals surface area contributed by atoms with Crippen molar-refractivity contribution in [1.82, 2.24) is 0 Å². The third-order valence-corrected chi connectivity index (χ3v) is 7.92. The number of rotatable bonds is 16. The van der Waals surface area contributed by atoms with Gasteiger partial charge >= 0.3 is 18.3 Å². The summed E-state index contributed by atoms with van der Waals surface area (Å²) in [7, 11) is 0. The molecule has 0 spiro atoms. The minimum absolute atomic E-state index is 0.00140. The molecule has 0 radical (unpaired) electrons. The van der Waals surface area contributed by atoms with Crippen molar-refractivity contribution in [3.05, 3.63) is 75.9 Å². The van der Waals surface area contributed by atoms with Gasteiger partial charge in [0.2, 0.25) is 0 Å². The van der Waals surface area contributed by atoms with Crippen LogP contribution in [0.25, 0.3) is 6.08 Å². The Morgan fingerprint density at radius 1 is 0.884 bits per heavy atom. The molecule has 0 heterocycles. The van der Waals surface area contributed by atoms with Crippen LogP contribution in [0.2, 0.25) is 0 Å². The van der Waals surface area contributed by atoms with Crippen molar-refractivity contribution >= 4 is 36.0 Å². The van der Waals surface area contributed by atoms with E-state index in [0.717, 1.165) is 19.3 Å². The molecule has 0 bridgehead atoms. The Bertz CT molecular complexity index is 1300. The normalized spacial score (nSPS) is 17.1. The molecule has 4 rings (SSSR count). The van der Waals surface area contributed by atoms with Crippen LogP contribution >= 0.6 is 11.6 Å². The van der Waals surface area contributed by atoms with E-state index in [4.69, 9.17) is 35.3 Å². The van der Waals surface area contributed by atoms with E-state index in [1.165, 1.54) is 40.3 Å². The number of unbranched alkanes of at least 4 members (excludes halogenated alkanes) is 1. The summed E-state index contributed by atoms with van der Waals surface area (Å²) in [6.07, 6.45) is 15.7. The lowest BCUT2D eigenvalue weighted by atomic mass is 9.70. The molecular formula is C33H39ClO9. The Kier molecular flexibility index (Phi) is 11.9. The van der Waals surface area contributed by atoms with Gasteiger partial charge in [0, 0.05) is 18.2 Å². The van der Waals surface area contributed by atoms with Crippen LogP contribution in [-0.2, 0) is 41.3 Å². The zero-order valence-corrected chi connectivity index (χ0v) is 25.2. The number of esters is 1. The second-order valence-corrected chi connectivity index (χ2v) is 11.3. The average molecular weight is 615 g/mol. The number of hydrogen-bond donors (Lipinski definition) is 1. The number of benzene rings is 1. The fourth-order valence-corrected chi connectivity index (χ4v) is 5.31. The van der Waals surface area contributed by atoms with Crippen LogP contribution in [0.5, 0.6) is 0 Å². The third kappa shape index (κ3) is 8.51. The fourth-order valence-electron chi connectivity index (χ4n) is 5.20. The summed E-state index contributed by atoms with van der Waals surface area (Å²) in [5.74, 6) is -0.0273. The van der Waals surface area contributed by atoms with Gasteiger partial charge in [0.25, 0.3) is 0 Å². The first-order valence-electron chi connectivity index (χ1n) is 14.7. The van der Waals surface area contributed by atoms with Crippen LogP contribution in [0, 0.1) is 5.41 Å². The van der Waals surface area contributed by atoms with Gasteiger partial charge < -0.3 is 28.8 Å². The minimum Gasteiger partial charge on any atom is -0.465 e. The molecule has 3 aliphatic rings. The van der Waals surface area contributed by atoms with Crippen LogP contribution < -0.4 is 0 Å². The van der Waals surface area contributed by atoms with Crippen molar-refractivity contribution in [3.8, 4) is 0 Å². The van der Waals surface area contributed by atoms with E-state index in [2.05, 4.69) is 48.6 Å². The molecule has 0 saturated heterocycles. The number of alkyl halides is 1. The van der Waals surface area contributed by atoms with Gasteiger partial charge in [-0.1, -0.05) is 48.6 Å². The van der Waals surface area contributed by atoms with E-state index in [9.17, 15) is 19.5 Å². The molecule has 232 valence electrons. The fraction of sp³-hybridized carbons (Fsp3) is 0.485. The molecule has 1 aromatic carbocycles. The monoisotopic (exact) mass is 614 g/mol. The van der Waals surface area contributed by atoms with Crippen LogP contribution in [0.15, 0.2) is 53.7 Å². The highest BCUT2D eigenvalue weighted by Crippen LogP contribution is 2.46. The Balaban J connectivity index is 1.07. The number of allylic oxidation sites excluding steroid dienone is 7. The van der Waals surface area contributed by atoms with E-state index in [0.29, 0.717) is 24.6 Å². The van der Waals surface area contributed by atoms with E-state index in [1.807, 2.05) is 0 Å². The molecule has 0 amide bonds. The lowest BCUT2D eigenvalue weighted by Crippen LogP contribution is -2.39. The first-order chi connectivity index (χ1) is 20.9. The number of carbonyl (C=O) groups is 3. The van der Waals surface area contributed by atoms with Crippen molar-refractivity contribution in [2.45, 2.75) is 51.4 Å². The molecular weight excluding hydrogens is 576 g/mol. The Morgan fingerprint density at radius 3 is 2.35 bits per heavy atom. The van der Waals surface area contributed by atoms with Gasteiger partial charge in [-0.15, -0.1) is 11.6 Å². The zero-order chi connectivity index (χ0) is 30.7. The summed E-state index contributed by atoms with van der Waals surface area (Å²) in [6.45, 7) is 0.726. The molecule has 0 aromatic heterocycles. The number of carbonyl (C=O) groups excluding carboxylic acids is 3. The average Bonchev–Trinajstić information content (AvgIpc) is 3.02. The molecule has 0 saturated carbocycles. The van der Waals surface area contributed by atoms with Gasteiger partial charge in [0.1, 0.15) is 12.0 Å². The molecule has 9 nitrogen and oxygen atoms in total. The SMILES string of the molecule is CC(CO)(COC(=O)OCCCOC(=O)OCCCCc1ccc2c3c1C=CC1=CC=CC(=CC2)C13)C(=O)OCCCCl. The standard InChI is InChI=1S/C33H39ClO9/c1-33(21-35,30(36)39-18-5-16-34)22-43-32(38)42-20-6-19-41-31(37)40-17-3-2-7-23-10-11-26-13-12-24-8-4-9-25-14-15-27(23)29(26)28(24)25/h4,8-12,14-15,28,35H,2-3,5-7,13,16-22H2,1H3. The number of aliphatic hydroxyl groups is 1. The first kappa shape index (κ1) is 32.4. The van der Waals surface area contributed by atoms with E-state index in [1.54, 1.807) is 0 Å². The molecule has 10 heteroatoms. The predicted octanol–water partition coefficient (Wildman–Crippen LogP) is 5.97. The number of hydrogen-bond acceptors (Lipinski definition) is 9. The second kappa shape index (κ2) is 15.8. The minimum atomic E-state index is -1.41. The predicted molar refractivity (Wildman–Crippen MR) is 161 cm³/mol. The molecule has 0 aliphatic heterocycles. The second-order valence-electron chi connectivity index (χ2n) is 11.0. The summed E-state index contributed by atoms with van der Waals surface area (Å²) >= 11 is 5.55. The maximum Gasteiger partial charge on any atom is 0.508 e. The zero-order valence-electron chi connectivity index (χ0n) is 24.5. The molecule has 2 atom stereocenters. The highest BCUT2D eigenvalue weighted by atomic mass is 35.5. The van der Waals surface area contributed by atoms with Gasteiger partial charge in [-0.3, -0.25) is 4.79 Å². The van der Waals surface area contributed by atoms with Crippen LogP contribution in [0.4, 0.5) is 9.59 Å². The summed E-state index contributed by atoms with van der Waals surface area (Å²) in [4.78, 5) is 35.8. The van der Waals surface area contributed by atoms with E-state index >= 15 is 0 Å². The van der Waals surface area contributed by atoms with E-state index in [-0.39, 0.29) is 32.8 Å². The molecule has 1 aromatic rings. The van der Waals surface area contributed by atoms with Crippen LogP contribution in [0.1, 0.15) is 60.8 Å². The molecule has 3 aliphatic carbocycles. The number of ether oxygens (including phenoxy) is 5. The maximum absolute atomic E-state index is 12.1. The topological polar surface area (TPSA) is 118 Å². The summed E-state index contributed by atoms with van der Waals surface area (Å²) in [5, 5.41) is 9.54. The third-order valence-electron chi connectivity index (χ3n) is 7.65. The van der Waals surface area contributed by atoms with Crippen molar-refractivity contribution in [1.29, 1.82) is 0 Å². The largest absolute Gasteiger partial charge is 0.508 e. The highest BCUT2D eigenvalue weighted by Gasteiger charge is 2.36. The Labute approximate surface area is 257 Å². The van der Waals surface area contributed by atoms with Gasteiger partial charge in [-0.2, -0.15) is 0 Å². The Hall–Kier alpha value is -3.56. The number of aryl methyl sites for hydroxylation is 1. The van der Waals surface area contributed by atoms with Crippen LogP contribution in [-0.4, -0.2) is 68.9 Å². The summed E-state index contributed by atoms with van der Waals surface area (Å²) in [5.41, 5.74) is 6.79. The number of aliphatic hydroxyl groups excluding tert-OH is 1. The van der Waals surface area contributed by atoms with Gasteiger partial charge in [-0.25, -0.2) is 9.59 Å². The van der Waals surface area contributed by atoms with Crippen molar-refractivity contribution in [2.75, 3.05) is 45.5 Å². The molecule has 1 N–H and O–H groups in total. The van der Waals surface area contributed by atoms with Crippen molar-refractivity contribution in [2.24, 2.45) is 5.41 Å². The Morgan fingerprint density at radius 2 is 1.60 bits per heavy atom. The lowest BCUT2D eigenvalue weighted by Gasteiger charge is -2.34. The maximum atomic E-state index is 12.1. The number of halogens is 1. The van der Waals surface area contributed by atoms with Gasteiger partial charge in [0.05, 0.1) is 33.0 Å². The van der Waals surface area contributed by atoms with E-state index < -0.39 is 36.9 Å². The highest BCUT2D eigenvalue weighted by molar-refractivity contribution is 6.17. The van der Waals surface area contributed by atoms with Crippen molar-refractivity contribution in [3.63, 3.8) is 0 Å². The summed E-state index contributed by atoms with van der Waals surface area (Å²) in [6, 6.07) is 4.48. The van der Waals surface area contributed by atoms with Gasteiger partial charge in [-0.05, 0) is 72.4 Å². The van der Waals surface area contributed by atoms with Crippen molar-refractivity contribution < 1.29 is 43.2 Å². The molecule has 43 heavy (non-hydrogen) atoms. The molecule has 0 fully saturated rings.